The van der Waals surface area contributed by atoms with Crippen LogP contribution in [0.2, 0.25) is 0 Å². The summed E-state index contributed by atoms with van der Waals surface area (Å²) in [5.41, 5.74) is 13.7. The monoisotopic (exact) mass is 1010 g/mol. The Morgan fingerprint density at radius 3 is 1.67 bits per heavy atom. The second kappa shape index (κ2) is 18.5. The predicted octanol–water partition coefficient (Wildman–Crippen LogP) is 9.83. The zero-order valence-electron chi connectivity index (χ0n) is 34.2. The molecule has 2 atom stereocenters. The molecule has 1 fully saturated rings. The Kier molecular flexibility index (Phi) is 15.9. The normalized spacial score (nSPS) is 22.0. The summed E-state index contributed by atoms with van der Waals surface area (Å²) in [6.45, 7) is 20.3. The number of alkyl halides is 6. The number of benzene rings is 3. The molecule has 0 spiro atoms. The van der Waals surface area contributed by atoms with Crippen molar-refractivity contribution in [1.29, 1.82) is 0 Å². The van der Waals surface area contributed by atoms with Crippen molar-refractivity contribution < 1.29 is 49.0 Å². The number of hydrogen-bond donors (Lipinski definition) is 0. The van der Waals surface area contributed by atoms with E-state index < -0.39 is 7.59 Å². The van der Waals surface area contributed by atoms with E-state index in [1.54, 1.807) is 28.2 Å². The number of fused-ring (bicyclic) bond motifs is 6. The molecule has 4 aliphatic carbocycles. The van der Waals surface area contributed by atoms with Crippen LogP contribution in [-0.4, -0.2) is 3.21 Å². The van der Waals surface area contributed by atoms with Gasteiger partial charge in [0, 0.05) is 0 Å². The van der Waals surface area contributed by atoms with Gasteiger partial charge in [-0.3, -0.25) is 0 Å². The maximum atomic E-state index is 5.86. The Bertz CT molecular complexity index is 2080. The van der Waals surface area contributed by atoms with Gasteiger partial charge < -0.3 is 24.8 Å². The first kappa shape index (κ1) is 49.8. The number of allylic oxidation sites excluding steroid dienone is 6. The zero-order chi connectivity index (χ0) is 41.1. The molecule has 0 heterocycles. The molecule has 8 rings (SSSR count). The fourth-order valence-corrected chi connectivity index (χ4v) is 11.3. The van der Waals surface area contributed by atoms with Gasteiger partial charge in [0.05, 0.1) is 0 Å². The minimum atomic E-state index is -1.41. The molecule has 0 aliphatic heterocycles. The fourth-order valence-electron chi connectivity index (χ4n) is 9.71. The van der Waals surface area contributed by atoms with Gasteiger partial charge in [0.2, 0.25) is 0 Å². The third-order valence-electron chi connectivity index (χ3n) is 14.4. The van der Waals surface area contributed by atoms with Gasteiger partial charge in [0.1, 0.15) is 0 Å². The van der Waals surface area contributed by atoms with Gasteiger partial charge in [-0.05, 0) is 40.6 Å². The standard InChI is InChI=1S/C29H37.C15H8Cl6.C5H5.2ClH.Zr/c1-18-25-22-17-19-13-9-10-14-20(19)24(22)21-15-11-12-16-23(21)29(25,8)28(6,7)27(4,5)26(18,2)3;16-14(17,18)12-5-1-10(2-6-12)9-11-3-7-13(8-4-11)15(19,20)21;1-2-4-5-3-1;;;/h9-11,13-15,23H,12,16-17H2,1-8H3;1-8H;1-5H;2*1H;/q-1;;-1;;;+2/p-2. The molecular formula is C49H50Cl8Zr-2. The first-order valence-corrected chi connectivity index (χ1v) is 22.7. The summed E-state index contributed by atoms with van der Waals surface area (Å²) in [6, 6.07) is 34.1. The van der Waals surface area contributed by atoms with Crippen molar-refractivity contribution >= 4 is 78.4 Å². The van der Waals surface area contributed by atoms with E-state index in [2.05, 4.69) is 91.8 Å². The van der Waals surface area contributed by atoms with Crippen molar-refractivity contribution in [2.45, 2.75) is 82.2 Å². The van der Waals surface area contributed by atoms with E-state index in [1.807, 2.05) is 78.9 Å². The number of hydrogen-bond acceptors (Lipinski definition) is 0. The molecular weight excluding hydrogens is 963 g/mol. The molecule has 0 saturated heterocycles. The van der Waals surface area contributed by atoms with Crippen LogP contribution in [0.15, 0.2) is 132 Å². The molecule has 4 aromatic rings. The SMILES string of the molecule is C[C-]1C2=C3Cc4ccccc4C3=C3C=CCCC3C2(C)C(C)(C)C(C)(C)C1(C)C.ClC(Cl)(Cl)c1ccc([C](=[Zr+2])c2ccc(C(Cl)(Cl)Cl)cc2)cc1.[Cl-].[Cl-].c1cc[cH-]c1. The zero-order valence-corrected chi connectivity index (χ0v) is 42.7. The van der Waals surface area contributed by atoms with Crippen LogP contribution in [0.25, 0.3) is 5.57 Å². The Labute approximate surface area is 404 Å². The van der Waals surface area contributed by atoms with Crippen LogP contribution in [0, 0.1) is 33.5 Å². The molecule has 308 valence electrons. The second-order valence-electron chi connectivity index (χ2n) is 17.2. The molecule has 0 aromatic heterocycles. The van der Waals surface area contributed by atoms with Gasteiger partial charge in [-0.25, -0.2) is 18.1 Å². The Morgan fingerprint density at radius 2 is 1.21 bits per heavy atom. The maximum absolute atomic E-state index is 5.86. The van der Waals surface area contributed by atoms with E-state index in [0.29, 0.717) is 17.0 Å². The smallest absolute Gasteiger partial charge is 0.172 e. The predicted molar refractivity (Wildman–Crippen MR) is 241 cm³/mol. The van der Waals surface area contributed by atoms with E-state index in [-0.39, 0.29) is 46.5 Å². The fraction of sp³-hybridized carbons (Fsp3) is 0.367. The quantitative estimate of drug-likeness (QED) is 0.139. The average Bonchev–Trinajstić information content (AvgIpc) is 3.86. The molecule has 0 nitrogen and oxygen atoms in total. The maximum Gasteiger partial charge on any atom is -0.172 e. The van der Waals surface area contributed by atoms with Gasteiger partial charge in [-0.2, -0.15) is 29.3 Å². The Morgan fingerprint density at radius 1 is 0.707 bits per heavy atom. The molecule has 0 bridgehead atoms. The van der Waals surface area contributed by atoms with Crippen molar-refractivity contribution in [3.63, 3.8) is 0 Å². The van der Waals surface area contributed by atoms with Crippen LogP contribution in [0.4, 0.5) is 0 Å². The van der Waals surface area contributed by atoms with E-state index in [9.17, 15) is 0 Å². The molecule has 0 N–H and O–H groups in total. The minimum absolute atomic E-state index is 0. The summed E-state index contributed by atoms with van der Waals surface area (Å²) in [7, 11) is 0. The van der Waals surface area contributed by atoms with E-state index in [1.165, 1.54) is 51.4 Å². The van der Waals surface area contributed by atoms with Gasteiger partial charge in [-0.15, -0.1) is 6.92 Å². The van der Waals surface area contributed by atoms with Crippen molar-refractivity contribution in [2.24, 2.45) is 27.6 Å². The topological polar surface area (TPSA) is 0 Å². The van der Waals surface area contributed by atoms with Gasteiger partial charge in [-0.1, -0.05) is 113 Å². The average molecular weight is 1010 g/mol. The molecule has 2 unspecified atom stereocenters. The van der Waals surface area contributed by atoms with Crippen LogP contribution in [0.1, 0.15) is 102 Å². The van der Waals surface area contributed by atoms with Crippen LogP contribution in [-0.2, 0) is 38.2 Å². The molecule has 0 radical (unpaired) electrons. The summed E-state index contributed by atoms with van der Waals surface area (Å²) in [4.78, 5) is 0. The minimum Gasteiger partial charge on any atom is -1.00 e. The van der Waals surface area contributed by atoms with Crippen LogP contribution in [0.3, 0.4) is 0 Å². The summed E-state index contributed by atoms with van der Waals surface area (Å²) < 4.78 is -1.66. The Hall–Kier alpha value is -0.827. The summed E-state index contributed by atoms with van der Waals surface area (Å²) in [5.74, 6) is 2.24. The van der Waals surface area contributed by atoms with Crippen LogP contribution < -0.4 is 24.8 Å². The van der Waals surface area contributed by atoms with E-state index in [0.717, 1.165) is 17.5 Å². The van der Waals surface area contributed by atoms with Crippen molar-refractivity contribution in [2.75, 3.05) is 0 Å². The van der Waals surface area contributed by atoms with Crippen molar-refractivity contribution in [1.82, 2.24) is 0 Å². The van der Waals surface area contributed by atoms with Gasteiger partial charge in [0.25, 0.3) is 0 Å². The molecule has 4 aliphatic rings. The van der Waals surface area contributed by atoms with Gasteiger partial charge in [0.15, 0.2) is 0 Å². The van der Waals surface area contributed by atoms with E-state index >= 15 is 0 Å². The van der Waals surface area contributed by atoms with Crippen molar-refractivity contribution in [3.8, 4) is 0 Å². The third-order valence-corrected chi connectivity index (χ3v) is 17.1. The Balaban J connectivity index is 0.000000228. The van der Waals surface area contributed by atoms with Crippen LogP contribution >= 0.6 is 69.6 Å². The summed E-state index contributed by atoms with van der Waals surface area (Å²) in [5, 5.41) is 0. The molecule has 4 aromatic carbocycles. The van der Waals surface area contributed by atoms with Crippen molar-refractivity contribution in [3.05, 3.63) is 171 Å². The number of rotatable bonds is 2. The first-order chi connectivity index (χ1) is 26.1. The third kappa shape index (κ3) is 8.86. The molecule has 58 heavy (non-hydrogen) atoms. The second-order valence-corrected chi connectivity index (χ2v) is 23.0. The van der Waals surface area contributed by atoms with Crippen LogP contribution in [0.5, 0.6) is 0 Å². The number of halogens is 8. The molecule has 1 saturated carbocycles. The van der Waals surface area contributed by atoms with E-state index in [4.69, 9.17) is 69.6 Å². The largest absolute Gasteiger partial charge is 1.00 e. The summed E-state index contributed by atoms with van der Waals surface area (Å²) in [6.07, 6.45) is 8.50. The first-order valence-electron chi connectivity index (χ1n) is 19.2. The molecule has 0 amide bonds. The summed E-state index contributed by atoms with van der Waals surface area (Å²) >= 11 is 36.4. The van der Waals surface area contributed by atoms with Gasteiger partial charge >= 0.3 is 175 Å². The molecule has 9 heteroatoms.